The molecular formula is C20H15ClF3N5O. The van der Waals surface area contributed by atoms with Crippen LogP contribution in [0.25, 0.3) is 22.1 Å². The van der Waals surface area contributed by atoms with Crippen molar-refractivity contribution >= 4 is 45.3 Å². The minimum atomic E-state index is -4.47. The van der Waals surface area contributed by atoms with Crippen LogP contribution in [0.1, 0.15) is 5.56 Å². The average molecular weight is 434 g/mol. The lowest BCUT2D eigenvalue weighted by Gasteiger charge is -2.36. The third-order valence-electron chi connectivity index (χ3n) is 5.17. The summed E-state index contributed by atoms with van der Waals surface area (Å²) in [6, 6.07) is 8.58. The summed E-state index contributed by atoms with van der Waals surface area (Å²) in [5.41, 5.74) is 1.26. The zero-order valence-corrected chi connectivity index (χ0v) is 16.3. The van der Waals surface area contributed by atoms with E-state index in [1.165, 1.54) is 6.33 Å². The number of nitrogens with zero attached hydrogens (tertiary/aromatic N) is 5. The molecule has 0 atom stereocenters. The van der Waals surface area contributed by atoms with E-state index in [1.54, 1.807) is 0 Å². The number of para-hydroxylation sites is 1. The summed E-state index contributed by atoms with van der Waals surface area (Å²) in [4.78, 5) is 16.7. The molecule has 4 heterocycles. The van der Waals surface area contributed by atoms with E-state index in [0.717, 1.165) is 28.7 Å². The summed E-state index contributed by atoms with van der Waals surface area (Å²) >= 11 is 6.09. The average Bonchev–Trinajstić information content (AvgIpc) is 3.12. The van der Waals surface area contributed by atoms with Crippen molar-refractivity contribution in [3.05, 3.63) is 53.4 Å². The molecular weight excluding hydrogens is 419 g/mol. The van der Waals surface area contributed by atoms with Crippen molar-refractivity contribution in [3.8, 4) is 0 Å². The second-order valence-corrected chi connectivity index (χ2v) is 7.38. The molecule has 1 saturated heterocycles. The zero-order chi connectivity index (χ0) is 20.9. The van der Waals surface area contributed by atoms with Gasteiger partial charge in [-0.1, -0.05) is 23.7 Å². The molecule has 3 aromatic heterocycles. The fourth-order valence-electron chi connectivity index (χ4n) is 3.69. The molecule has 1 aromatic carbocycles. The number of halogens is 4. The Hall–Kier alpha value is -3.07. The molecule has 0 N–H and O–H groups in total. The quantitative estimate of drug-likeness (QED) is 0.454. The van der Waals surface area contributed by atoms with Gasteiger partial charge >= 0.3 is 6.18 Å². The van der Waals surface area contributed by atoms with Gasteiger partial charge in [-0.05, 0) is 18.2 Å². The van der Waals surface area contributed by atoms with Crippen molar-refractivity contribution < 1.29 is 17.6 Å². The van der Waals surface area contributed by atoms with Gasteiger partial charge in [-0.2, -0.15) is 13.2 Å². The summed E-state index contributed by atoms with van der Waals surface area (Å²) < 4.78 is 44.5. The van der Waals surface area contributed by atoms with Crippen molar-refractivity contribution in [1.29, 1.82) is 0 Å². The smallest absolute Gasteiger partial charge is 0.417 e. The van der Waals surface area contributed by atoms with Crippen LogP contribution in [-0.4, -0.2) is 41.1 Å². The van der Waals surface area contributed by atoms with Crippen LogP contribution in [0.4, 0.5) is 24.8 Å². The maximum Gasteiger partial charge on any atom is 0.417 e. The molecule has 0 aliphatic carbocycles. The number of hydrogen-bond donors (Lipinski definition) is 0. The summed E-state index contributed by atoms with van der Waals surface area (Å²) in [6.45, 7) is 2.23. The standard InChI is InChI=1S/C20H15ClF3N5O/c21-14-9-12(20(22,23)24)10-25-18(14)28-5-7-29(8-6-28)19-17-16(26-11-27-19)13-3-1-2-4-15(13)30-17/h1-4,9-11H,5-8H2. The number of piperazine rings is 1. The Bertz CT molecular complexity index is 1230. The van der Waals surface area contributed by atoms with E-state index in [9.17, 15) is 13.2 Å². The van der Waals surface area contributed by atoms with Crippen molar-refractivity contribution in [2.45, 2.75) is 6.18 Å². The monoisotopic (exact) mass is 433 g/mol. The summed E-state index contributed by atoms with van der Waals surface area (Å²) in [7, 11) is 0. The maximum atomic E-state index is 12.8. The highest BCUT2D eigenvalue weighted by Crippen LogP contribution is 2.35. The molecule has 0 unspecified atom stereocenters. The molecule has 1 aliphatic heterocycles. The second-order valence-electron chi connectivity index (χ2n) is 6.97. The Balaban J connectivity index is 1.39. The molecule has 6 nitrogen and oxygen atoms in total. The molecule has 0 radical (unpaired) electrons. The van der Waals surface area contributed by atoms with Gasteiger partial charge in [-0.3, -0.25) is 0 Å². The fourth-order valence-corrected chi connectivity index (χ4v) is 3.97. The number of fused-ring (bicyclic) bond motifs is 3. The van der Waals surface area contributed by atoms with E-state index < -0.39 is 11.7 Å². The third kappa shape index (κ3) is 3.19. The van der Waals surface area contributed by atoms with Crippen molar-refractivity contribution in [3.63, 3.8) is 0 Å². The first-order chi connectivity index (χ1) is 14.4. The summed E-state index contributed by atoms with van der Waals surface area (Å²) in [5, 5.41) is 0.913. The van der Waals surface area contributed by atoms with Gasteiger partial charge in [0.1, 0.15) is 23.2 Å². The van der Waals surface area contributed by atoms with Gasteiger partial charge in [0.05, 0.1) is 10.6 Å². The normalized spacial score (nSPS) is 15.3. The Morgan fingerprint density at radius 3 is 2.33 bits per heavy atom. The second kappa shape index (κ2) is 7.02. The summed E-state index contributed by atoms with van der Waals surface area (Å²) in [5.74, 6) is 1.04. The van der Waals surface area contributed by atoms with E-state index in [-0.39, 0.29) is 5.02 Å². The maximum absolute atomic E-state index is 12.8. The van der Waals surface area contributed by atoms with Gasteiger partial charge < -0.3 is 14.2 Å². The number of alkyl halides is 3. The van der Waals surface area contributed by atoms with Gasteiger partial charge in [0.15, 0.2) is 11.4 Å². The van der Waals surface area contributed by atoms with Crippen molar-refractivity contribution in [2.75, 3.05) is 36.0 Å². The largest absolute Gasteiger partial charge is 0.450 e. The lowest BCUT2D eigenvalue weighted by Crippen LogP contribution is -2.47. The van der Waals surface area contributed by atoms with Crippen molar-refractivity contribution in [2.24, 2.45) is 0 Å². The summed E-state index contributed by atoms with van der Waals surface area (Å²) in [6.07, 6.45) is -2.14. The Morgan fingerprint density at radius 2 is 1.63 bits per heavy atom. The van der Waals surface area contributed by atoms with E-state index >= 15 is 0 Å². The van der Waals surface area contributed by atoms with Gasteiger partial charge in [0.2, 0.25) is 0 Å². The number of hydrogen-bond acceptors (Lipinski definition) is 6. The minimum absolute atomic E-state index is 0.0139. The van der Waals surface area contributed by atoms with E-state index in [0.29, 0.717) is 43.4 Å². The molecule has 0 saturated carbocycles. The van der Waals surface area contributed by atoms with Crippen LogP contribution in [0.3, 0.4) is 0 Å². The molecule has 154 valence electrons. The zero-order valence-electron chi connectivity index (χ0n) is 15.5. The van der Waals surface area contributed by atoms with Gasteiger partial charge in [-0.25, -0.2) is 15.0 Å². The molecule has 0 bridgehead atoms. The van der Waals surface area contributed by atoms with Gasteiger partial charge in [-0.15, -0.1) is 0 Å². The number of rotatable bonds is 2. The Kier molecular flexibility index (Phi) is 4.43. The van der Waals surface area contributed by atoms with Crippen LogP contribution in [0.5, 0.6) is 0 Å². The topological polar surface area (TPSA) is 58.3 Å². The molecule has 0 spiro atoms. The molecule has 10 heteroatoms. The first-order valence-corrected chi connectivity index (χ1v) is 9.64. The lowest BCUT2D eigenvalue weighted by molar-refractivity contribution is -0.137. The van der Waals surface area contributed by atoms with E-state index in [2.05, 4.69) is 19.9 Å². The highest BCUT2D eigenvalue weighted by molar-refractivity contribution is 6.33. The van der Waals surface area contributed by atoms with E-state index in [1.807, 2.05) is 29.2 Å². The highest BCUT2D eigenvalue weighted by Gasteiger charge is 2.32. The van der Waals surface area contributed by atoms with Gasteiger partial charge in [0, 0.05) is 37.8 Å². The molecule has 1 aliphatic rings. The Labute approximate surface area is 173 Å². The van der Waals surface area contributed by atoms with Crippen LogP contribution < -0.4 is 9.80 Å². The highest BCUT2D eigenvalue weighted by atomic mass is 35.5. The molecule has 5 rings (SSSR count). The third-order valence-corrected chi connectivity index (χ3v) is 5.45. The predicted molar refractivity (Wildman–Crippen MR) is 108 cm³/mol. The first kappa shape index (κ1) is 18.9. The first-order valence-electron chi connectivity index (χ1n) is 9.27. The number of aromatic nitrogens is 3. The lowest BCUT2D eigenvalue weighted by atomic mass is 10.2. The SMILES string of the molecule is FC(F)(F)c1cnc(N2CCN(c3ncnc4c3oc3ccccc34)CC2)c(Cl)c1. The number of benzene rings is 1. The van der Waals surface area contributed by atoms with Crippen LogP contribution in [0.15, 0.2) is 47.3 Å². The minimum Gasteiger partial charge on any atom is -0.450 e. The molecule has 0 amide bonds. The van der Waals surface area contributed by atoms with Gasteiger partial charge in [0.25, 0.3) is 0 Å². The number of anilines is 2. The predicted octanol–water partition coefficient (Wildman–Crippen LogP) is 4.77. The Morgan fingerprint density at radius 1 is 0.933 bits per heavy atom. The van der Waals surface area contributed by atoms with E-state index in [4.69, 9.17) is 16.0 Å². The molecule has 4 aromatic rings. The fraction of sp³-hybridized carbons (Fsp3) is 0.250. The molecule has 1 fully saturated rings. The number of furan rings is 1. The van der Waals surface area contributed by atoms with Crippen LogP contribution in [-0.2, 0) is 6.18 Å². The van der Waals surface area contributed by atoms with Crippen LogP contribution in [0.2, 0.25) is 5.02 Å². The van der Waals surface area contributed by atoms with Crippen molar-refractivity contribution in [1.82, 2.24) is 15.0 Å². The van der Waals surface area contributed by atoms with Crippen LogP contribution >= 0.6 is 11.6 Å². The molecule has 30 heavy (non-hydrogen) atoms. The van der Waals surface area contributed by atoms with Crippen LogP contribution in [0, 0.1) is 0 Å². The number of pyridine rings is 1.